The van der Waals surface area contributed by atoms with E-state index in [4.69, 9.17) is 0 Å². The molecule has 1 atom stereocenters. The summed E-state index contributed by atoms with van der Waals surface area (Å²) in [6.07, 6.45) is 0. The average Bonchev–Trinajstić information content (AvgIpc) is 3.89. The van der Waals surface area contributed by atoms with E-state index in [-0.39, 0.29) is 5.41 Å². The maximum absolute atomic E-state index is 2.54. The van der Waals surface area contributed by atoms with Gasteiger partial charge in [0.15, 0.2) is 0 Å². The van der Waals surface area contributed by atoms with E-state index in [0.29, 0.717) is 0 Å². The van der Waals surface area contributed by atoms with Gasteiger partial charge in [0.25, 0.3) is 0 Å². The van der Waals surface area contributed by atoms with Crippen molar-refractivity contribution in [2.45, 2.75) is 12.3 Å². The Morgan fingerprint density at radius 3 is 1.76 bits per heavy atom. The summed E-state index contributed by atoms with van der Waals surface area (Å²) in [6, 6.07) is 95.9. The van der Waals surface area contributed by atoms with Crippen molar-refractivity contribution < 1.29 is 0 Å². The molecule has 0 aliphatic heterocycles. The average molecular weight is 867 g/mol. The Morgan fingerprint density at radius 1 is 0.368 bits per heavy atom. The number of rotatable bonds is 8. The number of hydrogen-bond donors (Lipinski definition) is 0. The second-order valence-corrected chi connectivity index (χ2v) is 18.1. The van der Waals surface area contributed by atoms with Crippen molar-refractivity contribution in [2.24, 2.45) is 0 Å². The Kier molecular flexibility index (Phi) is 9.33. The maximum Gasteiger partial charge on any atom is 0.0547 e. The first-order valence-corrected chi connectivity index (χ1v) is 23.6. The van der Waals surface area contributed by atoms with E-state index in [0.717, 1.165) is 39.4 Å². The molecule has 320 valence electrons. The fraction of sp³-hybridized carbons (Fsp3) is 0.0303. The Labute approximate surface area is 397 Å². The van der Waals surface area contributed by atoms with Gasteiger partial charge in [-0.25, -0.2) is 0 Å². The molecule has 68 heavy (non-hydrogen) atoms. The van der Waals surface area contributed by atoms with Gasteiger partial charge in [-0.05, 0) is 116 Å². The molecule has 0 saturated heterocycles. The summed E-state index contributed by atoms with van der Waals surface area (Å²) in [4.78, 5) is 2.54. The van der Waals surface area contributed by atoms with E-state index < -0.39 is 0 Å². The Morgan fingerprint density at radius 2 is 0.941 bits per heavy atom. The smallest absolute Gasteiger partial charge is 0.0547 e. The normalized spacial score (nSPS) is 14.0. The van der Waals surface area contributed by atoms with E-state index >= 15 is 0 Å². The number of nitrogens with zero attached hydrogens (tertiary/aromatic N) is 2. The number of para-hydroxylation sites is 3. The van der Waals surface area contributed by atoms with E-state index in [9.17, 15) is 0 Å². The molecule has 1 aliphatic rings. The van der Waals surface area contributed by atoms with Gasteiger partial charge in [0.2, 0.25) is 0 Å². The minimum Gasteiger partial charge on any atom is -0.309 e. The first-order valence-electron chi connectivity index (χ1n) is 23.6. The molecule has 13 rings (SSSR count). The van der Waals surface area contributed by atoms with Crippen molar-refractivity contribution in [3.05, 3.63) is 278 Å². The summed E-state index contributed by atoms with van der Waals surface area (Å²) >= 11 is 0. The highest BCUT2D eigenvalue weighted by Crippen LogP contribution is 2.57. The van der Waals surface area contributed by atoms with Crippen LogP contribution in [0.4, 0.5) is 17.1 Å². The number of aromatic nitrogens is 1. The van der Waals surface area contributed by atoms with Crippen molar-refractivity contribution in [1.82, 2.24) is 4.57 Å². The predicted octanol–water partition coefficient (Wildman–Crippen LogP) is 17.7. The molecule has 11 aromatic carbocycles. The molecular formula is C66H46N2. The summed E-state index contributed by atoms with van der Waals surface area (Å²) in [6.45, 7) is 2.40. The molecule has 0 radical (unpaired) electrons. The van der Waals surface area contributed by atoms with Gasteiger partial charge in [-0.3, -0.25) is 0 Å². The quantitative estimate of drug-likeness (QED) is 0.148. The highest BCUT2D eigenvalue weighted by Gasteiger charge is 2.42. The lowest BCUT2D eigenvalue weighted by molar-refractivity contribution is 0.714. The van der Waals surface area contributed by atoms with Crippen LogP contribution in [0.2, 0.25) is 0 Å². The lowest BCUT2D eigenvalue weighted by Gasteiger charge is -2.32. The van der Waals surface area contributed by atoms with Crippen LogP contribution in [0.3, 0.4) is 0 Å². The topological polar surface area (TPSA) is 8.17 Å². The zero-order valence-electron chi connectivity index (χ0n) is 37.7. The molecule has 0 amide bonds. The Hall–Kier alpha value is -8.72. The first kappa shape index (κ1) is 39.6. The van der Waals surface area contributed by atoms with Crippen LogP contribution in [0.25, 0.3) is 82.8 Å². The summed E-state index contributed by atoms with van der Waals surface area (Å²) in [7, 11) is 0. The Balaban J connectivity index is 1.07. The molecule has 0 fully saturated rings. The standard InChI is InChI=1S/C66H46N2/c1-66(49-26-7-3-8-27-49)58-36-14-11-33-57(58)65-59(66)37-20-40-62(65)68(61-39-16-13-32-54(61)56-35-19-24-46-23-18-34-52(64(46)56)45-21-5-2-6-22-45)51-30-17-25-47(43-51)48-41-42-55-53-31-12-15-38-60(53)67(63(55)44-48)50-28-9-4-10-29-50/h2-44H,1H3. The number of hydrogen-bond acceptors (Lipinski definition) is 1. The van der Waals surface area contributed by atoms with Crippen molar-refractivity contribution in [2.75, 3.05) is 4.90 Å². The van der Waals surface area contributed by atoms with Crippen LogP contribution in [-0.2, 0) is 5.41 Å². The SMILES string of the molecule is CC1(c2ccccc2)c2ccccc2-c2c(N(c3cccc(-c4ccc5c6ccccc6n(-c6ccccc6)c5c4)c3)c3ccccc3-c3cccc4cccc(-c5ccccc5)c34)cccc21. The molecule has 0 N–H and O–H groups in total. The van der Waals surface area contributed by atoms with Crippen LogP contribution in [0, 0.1) is 0 Å². The molecule has 2 heteroatoms. The van der Waals surface area contributed by atoms with Crippen LogP contribution in [0.1, 0.15) is 23.6 Å². The third-order valence-electron chi connectivity index (χ3n) is 14.5. The van der Waals surface area contributed by atoms with E-state index in [1.165, 1.54) is 77.1 Å². The summed E-state index contributed by atoms with van der Waals surface area (Å²) in [5.74, 6) is 0. The summed E-state index contributed by atoms with van der Waals surface area (Å²) < 4.78 is 2.41. The molecule has 1 aliphatic carbocycles. The second kappa shape index (κ2) is 16.0. The van der Waals surface area contributed by atoms with Crippen LogP contribution in [-0.4, -0.2) is 4.57 Å². The van der Waals surface area contributed by atoms with Gasteiger partial charge in [-0.2, -0.15) is 0 Å². The zero-order valence-corrected chi connectivity index (χ0v) is 37.7. The lowest BCUT2D eigenvalue weighted by atomic mass is 9.74. The van der Waals surface area contributed by atoms with Gasteiger partial charge in [0, 0.05) is 38.7 Å². The summed E-state index contributed by atoms with van der Waals surface area (Å²) in [5.41, 5.74) is 20.0. The van der Waals surface area contributed by atoms with Crippen LogP contribution >= 0.6 is 0 Å². The Bertz CT molecular complexity index is 3860. The van der Waals surface area contributed by atoms with Crippen LogP contribution in [0.15, 0.2) is 261 Å². The van der Waals surface area contributed by atoms with Gasteiger partial charge in [-0.1, -0.05) is 212 Å². The van der Waals surface area contributed by atoms with Crippen molar-refractivity contribution >= 4 is 49.6 Å². The van der Waals surface area contributed by atoms with Crippen LogP contribution in [0.5, 0.6) is 0 Å². The molecule has 2 nitrogen and oxygen atoms in total. The molecule has 1 heterocycles. The van der Waals surface area contributed by atoms with Crippen LogP contribution < -0.4 is 4.90 Å². The molecule has 12 aromatic rings. The third-order valence-corrected chi connectivity index (χ3v) is 14.5. The minimum absolute atomic E-state index is 0.358. The largest absolute Gasteiger partial charge is 0.309 e. The second-order valence-electron chi connectivity index (χ2n) is 18.1. The van der Waals surface area contributed by atoms with E-state index in [1.807, 2.05) is 0 Å². The lowest BCUT2D eigenvalue weighted by Crippen LogP contribution is -2.22. The monoisotopic (exact) mass is 866 g/mol. The van der Waals surface area contributed by atoms with Gasteiger partial charge in [0.1, 0.15) is 0 Å². The maximum atomic E-state index is 2.54. The minimum atomic E-state index is -0.358. The fourth-order valence-corrected chi connectivity index (χ4v) is 11.3. The number of anilines is 3. The number of benzene rings is 11. The molecule has 0 spiro atoms. The molecule has 1 unspecified atom stereocenters. The van der Waals surface area contributed by atoms with Crippen molar-refractivity contribution in [1.29, 1.82) is 0 Å². The fourth-order valence-electron chi connectivity index (χ4n) is 11.3. The van der Waals surface area contributed by atoms with Gasteiger partial charge in [-0.15, -0.1) is 0 Å². The zero-order chi connectivity index (χ0) is 45.2. The van der Waals surface area contributed by atoms with Crippen molar-refractivity contribution in [3.8, 4) is 50.2 Å². The highest BCUT2D eigenvalue weighted by molar-refractivity contribution is 6.11. The van der Waals surface area contributed by atoms with E-state index in [2.05, 4.69) is 277 Å². The first-order chi connectivity index (χ1) is 33.6. The van der Waals surface area contributed by atoms with Gasteiger partial charge in [0.05, 0.1) is 22.4 Å². The molecule has 0 bridgehead atoms. The highest BCUT2D eigenvalue weighted by atomic mass is 15.1. The van der Waals surface area contributed by atoms with Gasteiger partial charge >= 0.3 is 0 Å². The predicted molar refractivity (Wildman–Crippen MR) is 287 cm³/mol. The number of fused-ring (bicyclic) bond motifs is 7. The third kappa shape index (κ3) is 6.18. The van der Waals surface area contributed by atoms with E-state index in [1.54, 1.807) is 0 Å². The molecular weight excluding hydrogens is 821 g/mol. The molecule has 0 saturated carbocycles. The summed E-state index contributed by atoms with van der Waals surface area (Å²) in [5, 5.41) is 4.94. The molecule has 1 aromatic heterocycles. The van der Waals surface area contributed by atoms with Crippen molar-refractivity contribution in [3.63, 3.8) is 0 Å². The van der Waals surface area contributed by atoms with Gasteiger partial charge < -0.3 is 9.47 Å².